The van der Waals surface area contributed by atoms with Crippen molar-refractivity contribution in [2.45, 2.75) is 32.4 Å². The van der Waals surface area contributed by atoms with Crippen molar-refractivity contribution in [3.05, 3.63) is 65.2 Å². The Morgan fingerprint density at radius 3 is 2.50 bits per heavy atom. The second kappa shape index (κ2) is 13.3. The van der Waals surface area contributed by atoms with Gasteiger partial charge in [-0.2, -0.15) is 0 Å². The van der Waals surface area contributed by atoms with E-state index in [1.807, 2.05) is 24.3 Å². The van der Waals surface area contributed by atoms with E-state index >= 15 is 0 Å². The van der Waals surface area contributed by atoms with Crippen molar-refractivity contribution < 1.29 is 9.53 Å². The second-order valence-corrected chi connectivity index (χ2v) is 7.67. The maximum Gasteiger partial charge on any atom is 0.248 e. The normalized spacial score (nSPS) is 15.0. The molecule has 3 rings (SSSR count). The minimum Gasteiger partial charge on any atom is -0.497 e. The Bertz CT molecular complexity index is 882. The third-order valence-electron chi connectivity index (χ3n) is 5.53. The van der Waals surface area contributed by atoms with Gasteiger partial charge in [0, 0.05) is 18.7 Å². The first-order chi connectivity index (χ1) is 15.1. The molecule has 0 spiro atoms. The number of hydrogen-bond acceptors (Lipinski definition) is 4. The van der Waals surface area contributed by atoms with Crippen molar-refractivity contribution in [3.63, 3.8) is 0 Å². The highest BCUT2D eigenvalue weighted by Crippen LogP contribution is 2.27. The lowest BCUT2D eigenvalue weighted by atomic mass is 10.1. The lowest BCUT2D eigenvalue weighted by molar-refractivity contribution is 0.100. The molecule has 0 saturated carbocycles. The number of benzene rings is 2. The SMILES string of the molecule is CCNC(=NCc1ccc(C(N)=O)cc1)NCC(c1cccc(OC)c1)N1CCCC1.I. The molecule has 0 aliphatic carbocycles. The number of amides is 1. The van der Waals surface area contributed by atoms with Gasteiger partial charge in [0.1, 0.15) is 5.75 Å². The number of aliphatic imine (C=N–C) groups is 1. The Morgan fingerprint density at radius 1 is 1.16 bits per heavy atom. The third kappa shape index (κ3) is 7.37. The number of nitrogens with zero attached hydrogens (tertiary/aromatic N) is 2. The van der Waals surface area contributed by atoms with E-state index in [2.05, 4.69) is 34.6 Å². The maximum atomic E-state index is 11.2. The van der Waals surface area contributed by atoms with Crippen LogP contribution in [0.25, 0.3) is 0 Å². The van der Waals surface area contributed by atoms with E-state index in [0.29, 0.717) is 12.1 Å². The average Bonchev–Trinajstić information content (AvgIpc) is 3.32. The molecule has 1 heterocycles. The minimum absolute atomic E-state index is 0. The largest absolute Gasteiger partial charge is 0.497 e. The van der Waals surface area contributed by atoms with Gasteiger partial charge in [0.25, 0.3) is 0 Å². The number of nitrogens with two attached hydrogens (primary N) is 1. The zero-order valence-electron chi connectivity index (χ0n) is 18.8. The van der Waals surface area contributed by atoms with Crippen molar-refractivity contribution in [2.24, 2.45) is 10.7 Å². The van der Waals surface area contributed by atoms with Crippen LogP contribution in [0.1, 0.15) is 47.3 Å². The number of likely N-dealkylation sites (tertiary alicyclic amines) is 1. The van der Waals surface area contributed by atoms with E-state index in [0.717, 1.165) is 43.5 Å². The summed E-state index contributed by atoms with van der Waals surface area (Å²) in [5.41, 5.74) is 8.08. The third-order valence-corrected chi connectivity index (χ3v) is 5.53. The van der Waals surface area contributed by atoms with E-state index in [1.165, 1.54) is 18.4 Å². The Kier molecular flexibility index (Phi) is 10.8. The molecule has 0 aromatic heterocycles. The number of carbonyl (C=O) groups excluding carboxylic acids is 1. The fourth-order valence-corrected chi connectivity index (χ4v) is 3.84. The van der Waals surface area contributed by atoms with Gasteiger partial charge in [-0.05, 0) is 68.2 Å². The van der Waals surface area contributed by atoms with Gasteiger partial charge in [-0.15, -0.1) is 24.0 Å². The van der Waals surface area contributed by atoms with Gasteiger partial charge >= 0.3 is 0 Å². The highest BCUT2D eigenvalue weighted by Gasteiger charge is 2.24. The van der Waals surface area contributed by atoms with E-state index in [-0.39, 0.29) is 30.0 Å². The molecule has 4 N–H and O–H groups in total. The van der Waals surface area contributed by atoms with Gasteiger partial charge in [0.2, 0.25) is 5.91 Å². The highest BCUT2D eigenvalue weighted by molar-refractivity contribution is 14.0. The van der Waals surface area contributed by atoms with Gasteiger partial charge in [0.05, 0.1) is 19.7 Å². The zero-order chi connectivity index (χ0) is 22.1. The van der Waals surface area contributed by atoms with Crippen molar-refractivity contribution in [3.8, 4) is 5.75 Å². The fraction of sp³-hybridized carbons (Fsp3) is 0.417. The topological polar surface area (TPSA) is 92.0 Å². The van der Waals surface area contributed by atoms with E-state index in [9.17, 15) is 4.79 Å². The molecule has 2 aromatic rings. The molecule has 8 heteroatoms. The fourth-order valence-electron chi connectivity index (χ4n) is 3.84. The van der Waals surface area contributed by atoms with Crippen molar-refractivity contribution >= 4 is 35.8 Å². The number of rotatable bonds is 9. The van der Waals surface area contributed by atoms with E-state index in [1.54, 1.807) is 19.2 Å². The van der Waals surface area contributed by atoms with Crippen LogP contribution < -0.4 is 21.1 Å². The summed E-state index contributed by atoms with van der Waals surface area (Å²) in [6.07, 6.45) is 2.46. The lowest BCUT2D eigenvalue weighted by Crippen LogP contribution is -2.42. The number of guanidine groups is 1. The van der Waals surface area contributed by atoms with Gasteiger partial charge in [-0.1, -0.05) is 24.3 Å². The van der Waals surface area contributed by atoms with Crippen molar-refractivity contribution in [1.82, 2.24) is 15.5 Å². The quantitative estimate of drug-likeness (QED) is 0.253. The lowest BCUT2D eigenvalue weighted by Gasteiger charge is -2.29. The van der Waals surface area contributed by atoms with Crippen LogP contribution in [0.15, 0.2) is 53.5 Å². The number of halogens is 1. The maximum absolute atomic E-state index is 11.2. The average molecular weight is 551 g/mol. The Labute approximate surface area is 207 Å². The molecule has 32 heavy (non-hydrogen) atoms. The van der Waals surface area contributed by atoms with Crippen LogP contribution in [0.3, 0.4) is 0 Å². The first-order valence-electron chi connectivity index (χ1n) is 10.9. The molecule has 174 valence electrons. The summed E-state index contributed by atoms with van der Waals surface area (Å²) in [6.45, 7) is 6.30. The Balaban J connectivity index is 0.00000363. The molecular formula is C24H34IN5O2. The predicted molar refractivity (Wildman–Crippen MR) is 140 cm³/mol. The first-order valence-corrected chi connectivity index (χ1v) is 10.9. The first kappa shape index (κ1) is 25.9. The van der Waals surface area contributed by atoms with Crippen molar-refractivity contribution in [1.29, 1.82) is 0 Å². The van der Waals surface area contributed by atoms with E-state index < -0.39 is 5.91 Å². The molecule has 7 nitrogen and oxygen atoms in total. The number of hydrogen-bond donors (Lipinski definition) is 3. The zero-order valence-corrected chi connectivity index (χ0v) is 21.2. The summed E-state index contributed by atoms with van der Waals surface area (Å²) in [7, 11) is 1.70. The summed E-state index contributed by atoms with van der Waals surface area (Å²) in [4.78, 5) is 18.5. The molecule has 1 unspecified atom stereocenters. The predicted octanol–water partition coefficient (Wildman–Crippen LogP) is 3.30. The Morgan fingerprint density at radius 2 is 1.88 bits per heavy atom. The van der Waals surface area contributed by atoms with Gasteiger partial charge in [0.15, 0.2) is 5.96 Å². The number of carbonyl (C=O) groups is 1. The number of ether oxygens (including phenoxy) is 1. The molecule has 1 saturated heterocycles. The summed E-state index contributed by atoms with van der Waals surface area (Å²) >= 11 is 0. The molecule has 0 bridgehead atoms. The van der Waals surface area contributed by atoms with Crippen LogP contribution >= 0.6 is 24.0 Å². The molecule has 1 aliphatic rings. The number of methoxy groups -OCH3 is 1. The summed E-state index contributed by atoms with van der Waals surface area (Å²) in [5, 5.41) is 6.84. The molecule has 1 fully saturated rings. The van der Waals surface area contributed by atoms with Gasteiger partial charge in [-0.3, -0.25) is 9.69 Å². The monoisotopic (exact) mass is 551 g/mol. The van der Waals surface area contributed by atoms with E-state index in [4.69, 9.17) is 15.5 Å². The number of nitrogens with one attached hydrogen (secondary N) is 2. The van der Waals surface area contributed by atoms with Gasteiger partial charge in [-0.25, -0.2) is 4.99 Å². The van der Waals surface area contributed by atoms with Crippen LogP contribution in [0, 0.1) is 0 Å². The molecule has 1 atom stereocenters. The second-order valence-electron chi connectivity index (χ2n) is 7.67. The Hall–Kier alpha value is -2.33. The van der Waals surface area contributed by atoms with Crippen molar-refractivity contribution in [2.75, 3.05) is 33.3 Å². The standard InChI is InChI=1S/C24H33N5O2.HI/c1-3-26-24(27-16-18-9-11-19(12-10-18)23(25)30)28-17-22(29-13-4-5-14-29)20-7-6-8-21(15-20)31-2;/h6-12,15,22H,3-5,13-14,16-17H2,1-2H3,(H2,25,30)(H2,26,27,28);1H. The van der Waals surface area contributed by atoms with Crippen LogP contribution in [0.2, 0.25) is 0 Å². The summed E-state index contributed by atoms with van der Waals surface area (Å²) in [5.74, 6) is 1.23. The van der Waals surface area contributed by atoms with Crippen LogP contribution in [0.5, 0.6) is 5.75 Å². The summed E-state index contributed by atoms with van der Waals surface area (Å²) < 4.78 is 5.44. The van der Waals surface area contributed by atoms with Crippen LogP contribution in [-0.2, 0) is 6.54 Å². The molecule has 1 aliphatic heterocycles. The summed E-state index contributed by atoms with van der Waals surface area (Å²) in [6, 6.07) is 15.8. The minimum atomic E-state index is -0.421. The number of primary amides is 1. The smallest absolute Gasteiger partial charge is 0.248 e. The van der Waals surface area contributed by atoms with Crippen LogP contribution in [0.4, 0.5) is 0 Å². The molecule has 2 aromatic carbocycles. The van der Waals surface area contributed by atoms with Crippen LogP contribution in [-0.4, -0.2) is 50.1 Å². The van der Waals surface area contributed by atoms with Gasteiger partial charge < -0.3 is 21.1 Å². The molecule has 1 amide bonds. The highest BCUT2D eigenvalue weighted by atomic mass is 127. The molecule has 0 radical (unpaired) electrons. The molecular weight excluding hydrogens is 517 g/mol.